The molecule has 182 valence electrons. The van der Waals surface area contributed by atoms with E-state index < -0.39 is 51.7 Å². The van der Waals surface area contributed by atoms with E-state index >= 15 is 0 Å². The largest absolute Gasteiger partial charge is 0.206 e. The first-order chi connectivity index (χ1) is 16.7. The molecule has 4 rings (SSSR count). The summed E-state index contributed by atoms with van der Waals surface area (Å²) in [6, 6.07) is 8.35. The van der Waals surface area contributed by atoms with Gasteiger partial charge in [-0.15, -0.1) is 0 Å². The second-order valence-corrected chi connectivity index (χ2v) is 8.48. The van der Waals surface area contributed by atoms with Gasteiger partial charge >= 0.3 is 0 Å². The normalized spacial score (nSPS) is 11.4. The molecule has 0 amide bonds. The zero-order valence-electron chi connectivity index (χ0n) is 18.8. The lowest BCUT2D eigenvalue weighted by molar-refractivity contribution is 0.451. The summed E-state index contributed by atoms with van der Waals surface area (Å²) in [5.41, 5.74) is -0.170. The average molecular weight is 490 g/mol. The van der Waals surface area contributed by atoms with E-state index in [1.54, 1.807) is 0 Å². The Bertz CT molecular complexity index is 1390. The smallest absolute Gasteiger partial charge is 0.195 e. The molecule has 0 unspecified atom stereocenters. The third-order valence-corrected chi connectivity index (χ3v) is 6.01. The number of halogens is 7. The molecule has 4 aromatic carbocycles. The SMILES string of the molecule is CCCCCCc1cc(F)c(-c2ccc(-c3cc(F)c4c(F)c(F)c(F)cc4c3)c(F)c2)c(F)c1. The third kappa shape index (κ3) is 4.90. The summed E-state index contributed by atoms with van der Waals surface area (Å²) in [5.74, 6) is -8.78. The van der Waals surface area contributed by atoms with E-state index in [0.717, 1.165) is 43.9 Å². The minimum absolute atomic E-state index is 0.0563. The lowest BCUT2D eigenvalue weighted by atomic mass is 9.95. The number of benzene rings is 4. The molecular weight excluding hydrogens is 469 g/mol. The fraction of sp³-hybridized carbons (Fsp3) is 0.214. The summed E-state index contributed by atoms with van der Waals surface area (Å²) >= 11 is 0. The maximum atomic E-state index is 15.0. The number of unbranched alkanes of at least 4 members (excludes halogenated alkanes) is 3. The van der Waals surface area contributed by atoms with Crippen molar-refractivity contribution in [3.05, 3.63) is 94.8 Å². The van der Waals surface area contributed by atoms with Crippen molar-refractivity contribution in [1.29, 1.82) is 0 Å². The van der Waals surface area contributed by atoms with Crippen LogP contribution in [-0.2, 0) is 6.42 Å². The first kappa shape index (κ1) is 24.8. The van der Waals surface area contributed by atoms with Crippen molar-refractivity contribution >= 4 is 10.8 Å². The van der Waals surface area contributed by atoms with E-state index in [-0.39, 0.29) is 22.1 Å². The van der Waals surface area contributed by atoms with Gasteiger partial charge in [0.1, 0.15) is 23.3 Å². The van der Waals surface area contributed by atoms with Gasteiger partial charge in [-0.05, 0) is 71.3 Å². The number of fused-ring (bicyclic) bond motifs is 1. The molecule has 0 atom stereocenters. The quantitative estimate of drug-likeness (QED) is 0.138. The van der Waals surface area contributed by atoms with Gasteiger partial charge in [0.25, 0.3) is 0 Å². The van der Waals surface area contributed by atoms with Crippen molar-refractivity contribution in [3.8, 4) is 22.3 Å². The molecule has 0 nitrogen and oxygen atoms in total. The Labute approximate surface area is 198 Å². The number of hydrogen-bond donors (Lipinski definition) is 0. The van der Waals surface area contributed by atoms with Crippen LogP contribution < -0.4 is 0 Å². The van der Waals surface area contributed by atoms with Crippen LogP contribution in [0.1, 0.15) is 38.2 Å². The van der Waals surface area contributed by atoms with Crippen LogP contribution in [0.4, 0.5) is 30.7 Å². The Morgan fingerprint density at radius 3 is 1.91 bits per heavy atom. The van der Waals surface area contributed by atoms with Crippen LogP contribution in [0.5, 0.6) is 0 Å². The van der Waals surface area contributed by atoms with Crippen molar-refractivity contribution < 1.29 is 30.7 Å². The van der Waals surface area contributed by atoms with Crippen molar-refractivity contribution in [3.63, 3.8) is 0 Å². The summed E-state index contributed by atoms with van der Waals surface area (Å²) in [6.45, 7) is 2.07. The molecule has 0 radical (unpaired) electrons. The molecule has 0 fully saturated rings. The van der Waals surface area contributed by atoms with E-state index in [2.05, 4.69) is 6.92 Å². The van der Waals surface area contributed by atoms with Crippen molar-refractivity contribution in [2.24, 2.45) is 0 Å². The molecule has 0 heterocycles. The summed E-state index contributed by atoms with van der Waals surface area (Å²) in [5, 5.41) is -1.06. The van der Waals surface area contributed by atoms with Crippen LogP contribution in [0.15, 0.2) is 48.5 Å². The zero-order valence-corrected chi connectivity index (χ0v) is 18.8. The molecule has 0 aliphatic carbocycles. The Balaban J connectivity index is 1.69. The van der Waals surface area contributed by atoms with E-state index in [9.17, 15) is 30.7 Å². The van der Waals surface area contributed by atoms with Crippen LogP contribution in [0, 0.1) is 40.7 Å². The topological polar surface area (TPSA) is 0 Å². The van der Waals surface area contributed by atoms with Gasteiger partial charge in [-0.3, -0.25) is 0 Å². The van der Waals surface area contributed by atoms with E-state index in [1.165, 1.54) is 24.3 Å². The average Bonchev–Trinajstić information content (AvgIpc) is 2.79. The van der Waals surface area contributed by atoms with Gasteiger partial charge in [-0.2, -0.15) is 0 Å². The molecule has 0 aliphatic heterocycles. The zero-order chi connectivity index (χ0) is 25.3. The Hall–Kier alpha value is -3.35. The second kappa shape index (κ2) is 10.1. The van der Waals surface area contributed by atoms with E-state index in [0.29, 0.717) is 18.1 Å². The molecule has 0 aromatic heterocycles. The minimum atomic E-state index is -1.81. The van der Waals surface area contributed by atoms with Gasteiger partial charge in [0, 0.05) is 5.56 Å². The number of rotatable bonds is 7. The van der Waals surface area contributed by atoms with Gasteiger partial charge in [-0.25, -0.2) is 30.7 Å². The highest BCUT2D eigenvalue weighted by molar-refractivity contribution is 5.89. The Morgan fingerprint density at radius 1 is 0.571 bits per heavy atom. The first-order valence-electron chi connectivity index (χ1n) is 11.3. The fourth-order valence-electron chi connectivity index (χ4n) is 4.25. The maximum absolute atomic E-state index is 15.0. The van der Waals surface area contributed by atoms with E-state index in [4.69, 9.17) is 0 Å². The van der Waals surface area contributed by atoms with Crippen molar-refractivity contribution in [2.45, 2.75) is 39.0 Å². The number of hydrogen-bond acceptors (Lipinski definition) is 0. The van der Waals surface area contributed by atoms with Crippen LogP contribution in [0.3, 0.4) is 0 Å². The molecule has 35 heavy (non-hydrogen) atoms. The lowest BCUT2D eigenvalue weighted by Crippen LogP contribution is -1.97. The van der Waals surface area contributed by atoms with Crippen molar-refractivity contribution in [1.82, 2.24) is 0 Å². The molecule has 0 spiro atoms. The molecule has 0 N–H and O–H groups in total. The minimum Gasteiger partial charge on any atom is -0.206 e. The standard InChI is InChI=1S/C28H21F7/c1-2-3-4-5-6-15-9-21(30)25(22(31)10-15)16-7-8-19(20(29)12-16)17-11-18-14-24(33)27(34)28(35)26(18)23(32)13-17/h7-14H,2-6H2,1H3. The van der Waals surface area contributed by atoms with Crippen molar-refractivity contribution in [2.75, 3.05) is 0 Å². The van der Waals surface area contributed by atoms with Gasteiger partial charge in [0.2, 0.25) is 0 Å². The predicted molar refractivity (Wildman–Crippen MR) is 122 cm³/mol. The first-order valence-corrected chi connectivity index (χ1v) is 11.3. The highest BCUT2D eigenvalue weighted by Crippen LogP contribution is 2.35. The van der Waals surface area contributed by atoms with E-state index in [1.807, 2.05) is 0 Å². The van der Waals surface area contributed by atoms with Gasteiger partial charge < -0.3 is 0 Å². The maximum Gasteiger partial charge on any atom is 0.195 e. The van der Waals surface area contributed by atoms with Crippen LogP contribution >= 0.6 is 0 Å². The molecule has 0 aliphatic rings. The molecule has 0 bridgehead atoms. The lowest BCUT2D eigenvalue weighted by Gasteiger charge is -2.12. The van der Waals surface area contributed by atoms with Gasteiger partial charge in [0.15, 0.2) is 17.5 Å². The summed E-state index contributed by atoms with van der Waals surface area (Å²) in [6.07, 6.45) is 4.37. The van der Waals surface area contributed by atoms with Crippen LogP contribution in [0.25, 0.3) is 33.0 Å². The fourth-order valence-corrected chi connectivity index (χ4v) is 4.25. The third-order valence-electron chi connectivity index (χ3n) is 6.01. The van der Waals surface area contributed by atoms with Gasteiger partial charge in [0.05, 0.1) is 10.9 Å². The molecule has 7 heteroatoms. The monoisotopic (exact) mass is 490 g/mol. The molecule has 0 saturated heterocycles. The number of aryl methyl sites for hydroxylation is 1. The second-order valence-electron chi connectivity index (χ2n) is 8.48. The molecular formula is C28H21F7. The Kier molecular flexibility index (Phi) is 7.15. The summed E-state index contributed by atoms with van der Waals surface area (Å²) < 4.78 is 100. The predicted octanol–water partition coefficient (Wildman–Crippen LogP) is 9.27. The molecule has 0 saturated carbocycles. The summed E-state index contributed by atoms with van der Waals surface area (Å²) in [7, 11) is 0. The molecule has 4 aromatic rings. The summed E-state index contributed by atoms with van der Waals surface area (Å²) in [4.78, 5) is 0. The highest BCUT2D eigenvalue weighted by Gasteiger charge is 2.20. The van der Waals surface area contributed by atoms with Crippen LogP contribution in [-0.4, -0.2) is 0 Å². The highest BCUT2D eigenvalue weighted by atomic mass is 19.2. The van der Waals surface area contributed by atoms with Crippen LogP contribution in [0.2, 0.25) is 0 Å². The Morgan fingerprint density at radius 2 is 1.26 bits per heavy atom. The van der Waals surface area contributed by atoms with Gasteiger partial charge in [-0.1, -0.05) is 38.3 Å².